The Kier molecular flexibility index (Phi) is 5.40. The predicted molar refractivity (Wildman–Crippen MR) is 93.1 cm³/mol. The smallest absolute Gasteiger partial charge is 0.309 e. The minimum absolute atomic E-state index is 0.0419. The SMILES string of the molecule is C=C1CC[C@H]2[C@@](C)(CCC[C@@]2(C)C(=O)O)[C@@H]1CC/C(C)=C/CO. The third kappa shape index (κ3) is 3.26. The highest BCUT2D eigenvalue weighted by atomic mass is 16.4. The molecule has 2 saturated carbocycles. The van der Waals surface area contributed by atoms with Crippen LogP contribution in [0, 0.1) is 22.7 Å². The number of fused-ring (bicyclic) bond motifs is 1. The average Bonchev–Trinajstić information content (AvgIpc) is 2.46. The van der Waals surface area contributed by atoms with Gasteiger partial charge in [0, 0.05) is 0 Å². The van der Waals surface area contributed by atoms with Gasteiger partial charge in [-0.2, -0.15) is 0 Å². The van der Waals surface area contributed by atoms with Crippen molar-refractivity contribution < 1.29 is 15.0 Å². The molecule has 2 aliphatic rings. The molecule has 0 amide bonds. The molecule has 0 radical (unpaired) electrons. The minimum Gasteiger partial charge on any atom is -0.481 e. The topological polar surface area (TPSA) is 57.5 Å². The van der Waals surface area contributed by atoms with E-state index in [-0.39, 0.29) is 17.9 Å². The first-order chi connectivity index (χ1) is 10.8. The number of rotatable bonds is 5. The van der Waals surface area contributed by atoms with Crippen LogP contribution >= 0.6 is 0 Å². The molecule has 0 spiro atoms. The number of aliphatic carboxylic acids is 1. The fourth-order valence-corrected chi connectivity index (χ4v) is 5.37. The highest BCUT2D eigenvalue weighted by Crippen LogP contribution is 2.62. The predicted octanol–water partition coefficient (Wildman–Crippen LogP) is 4.57. The fraction of sp³-hybridized carbons (Fsp3) is 0.750. The van der Waals surface area contributed by atoms with Crippen molar-refractivity contribution in [1.82, 2.24) is 0 Å². The van der Waals surface area contributed by atoms with Gasteiger partial charge in [-0.05, 0) is 69.6 Å². The maximum absolute atomic E-state index is 12.0. The number of aliphatic hydroxyl groups is 1. The summed E-state index contributed by atoms with van der Waals surface area (Å²) in [6, 6.07) is 0. The molecule has 4 atom stereocenters. The summed E-state index contributed by atoms with van der Waals surface area (Å²) in [5, 5.41) is 18.9. The van der Waals surface area contributed by atoms with Crippen LogP contribution in [-0.4, -0.2) is 22.8 Å². The van der Waals surface area contributed by atoms with Gasteiger partial charge in [0.15, 0.2) is 0 Å². The van der Waals surface area contributed by atoms with Crippen molar-refractivity contribution in [3.05, 3.63) is 23.8 Å². The van der Waals surface area contributed by atoms with Crippen LogP contribution in [0.1, 0.15) is 65.7 Å². The zero-order chi connectivity index (χ0) is 17.3. The van der Waals surface area contributed by atoms with Crippen molar-refractivity contribution in [3.63, 3.8) is 0 Å². The van der Waals surface area contributed by atoms with E-state index < -0.39 is 11.4 Å². The second kappa shape index (κ2) is 6.80. The van der Waals surface area contributed by atoms with E-state index >= 15 is 0 Å². The lowest BCUT2D eigenvalue weighted by atomic mass is 9.46. The average molecular weight is 320 g/mol. The second-order valence-corrected chi connectivity index (χ2v) is 8.16. The van der Waals surface area contributed by atoms with Crippen molar-refractivity contribution in [3.8, 4) is 0 Å². The van der Waals surface area contributed by atoms with Gasteiger partial charge in [0.05, 0.1) is 12.0 Å². The Labute approximate surface area is 140 Å². The van der Waals surface area contributed by atoms with Gasteiger partial charge < -0.3 is 10.2 Å². The lowest BCUT2D eigenvalue weighted by Gasteiger charge is -2.57. The molecule has 0 heterocycles. The van der Waals surface area contributed by atoms with E-state index in [0.717, 1.165) is 44.9 Å². The van der Waals surface area contributed by atoms with Gasteiger partial charge in [-0.1, -0.05) is 37.1 Å². The normalized spacial score (nSPS) is 38.3. The van der Waals surface area contributed by atoms with Crippen LogP contribution in [0.25, 0.3) is 0 Å². The Balaban J connectivity index is 2.26. The lowest BCUT2D eigenvalue weighted by Crippen LogP contribution is -2.53. The first kappa shape index (κ1) is 18.3. The van der Waals surface area contributed by atoms with E-state index in [1.807, 2.05) is 13.0 Å². The molecule has 130 valence electrons. The maximum Gasteiger partial charge on any atom is 0.309 e. The summed E-state index contributed by atoms with van der Waals surface area (Å²) < 4.78 is 0. The molecule has 2 rings (SSSR count). The molecular weight excluding hydrogens is 288 g/mol. The second-order valence-electron chi connectivity index (χ2n) is 8.16. The van der Waals surface area contributed by atoms with Crippen LogP contribution < -0.4 is 0 Å². The van der Waals surface area contributed by atoms with Crippen LogP contribution in [0.4, 0.5) is 0 Å². The minimum atomic E-state index is -0.629. The quantitative estimate of drug-likeness (QED) is 0.730. The van der Waals surface area contributed by atoms with E-state index in [0.29, 0.717) is 5.92 Å². The zero-order valence-corrected chi connectivity index (χ0v) is 14.9. The lowest BCUT2D eigenvalue weighted by molar-refractivity contribution is -0.164. The van der Waals surface area contributed by atoms with Gasteiger partial charge in [0.1, 0.15) is 0 Å². The number of hydrogen-bond donors (Lipinski definition) is 2. The van der Waals surface area contributed by atoms with Crippen LogP contribution in [0.5, 0.6) is 0 Å². The molecule has 0 aromatic heterocycles. The van der Waals surface area contributed by atoms with Gasteiger partial charge in [-0.25, -0.2) is 0 Å². The van der Waals surface area contributed by atoms with Gasteiger partial charge in [-0.3, -0.25) is 4.79 Å². The maximum atomic E-state index is 12.0. The highest BCUT2D eigenvalue weighted by molar-refractivity contribution is 5.75. The fourth-order valence-electron chi connectivity index (χ4n) is 5.37. The summed E-state index contributed by atoms with van der Waals surface area (Å²) in [4.78, 5) is 12.0. The molecule has 0 aromatic carbocycles. The van der Waals surface area contributed by atoms with Crippen molar-refractivity contribution in [2.45, 2.75) is 65.7 Å². The third-order valence-corrected chi connectivity index (χ3v) is 6.78. The summed E-state index contributed by atoms with van der Waals surface area (Å²) in [7, 11) is 0. The molecule has 0 aliphatic heterocycles. The van der Waals surface area contributed by atoms with Crippen LogP contribution in [0.2, 0.25) is 0 Å². The number of aliphatic hydroxyl groups excluding tert-OH is 1. The molecule has 0 bridgehead atoms. The van der Waals surface area contributed by atoms with Gasteiger partial charge in [0.2, 0.25) is 0 Å². The Bertz CT molecular complexity index is 507. The molecule has 0 unspecified atom stereocenters. The van der Waals surface area contributed by atoms with Crippen molar-refractivity contribution in [2.75, 3.05) is 6.61 Å². The molecule has 3 heteroatoms. The summed E-state index contributed by atoms with van der Waals surface area (Å²) in [5.41, 5.74) is 1.96. The molecule has 2 fully saturated rings. The van der Waals surface area contributed by atoms with E-state index in [2.05, 4.69) is 20.4 Å². The van der Waals surface area contributed by atoms with Gasteiger partial charge in [0.25, 0.3) is 0 Å². The summed E-state index contributed by atoms with van der Waals surface area (Å²) >= 11 is 0. The molecule has 2 N–H and O–H groups in total. The molecule has 0 aromatic rings. The number of carbonyl (C=O) groups is 1. The summed E-state index contributed by atoms with van der Waals surface area (Å²) in [5.74, 6) is -0.00260. The summed E-state index contributed by atoms with van der Waals surface area (Å²) in [6.45, 7) is 10.7. The number of allylic oxidation sites excluding steroid dienone is 2. The first-order valence-electron chi connectivity index (χ1n) is 8.93. The van der Waals surface area contributed by atoms with Crippen LogP contribution in [0.3, 0.4) is 0 Å². The molecular formula is C20H32O3. The Morgan fingerprint density at radius 3 is 2.70 bits per heavy atom. The highest BCUT2D eigenvalue weighted by Gasteiger charge is 2.57. The van der Waals surface area contributed by atoms with Crippen molar-refractivity contribution in [1.29, 1.82) is 0 Å². The zero-order valence-electron chi connectivity index (χ0n) is 14.9. The van der Waals surface area contributed by atoms with E-state index in [1.54, 1.807) is 0 Å². The molecule has 0 saturated heterocycles. The van der Waals surface area contributed by atoms with E-state index in [1.165, 1.54) is 11.1 Å². The third-order valence-electron chi connectivity index (χ3n) is 6.78. The van der Waals surface area contributed by atoms with E-state index in [4.69, 9.17) is 5.11 Å². The largest absolute Gasteiger partial charge is 0.481 e. The summed E-state index contributed by atoms with van der Waals surface area (Å²) in [6.07, 6.45) is 8.65. The molecule has 23 heavy (non-hydrogen) atoms. The Morgan fingerprint density at radius 2 is 2.09 bits per heavy atom. The standard InChI is InChI=1S/C20H32O3/c1-14(10-13-21)6-8-16-15(2)7-9-17-19(16,3)11-5-12-20(17,4)18(22)23/h10,16-17,21H,2,5-9,11-13H2,1,3-4H3,(H,22,23)/b14-10+/t16-,17+,19+,20-/m1/s1. The first-order valence-corrected chi connectivity index (χ1v) is 8.93. The molecule has 3 nitrogen and oxygen atoms in total. The van der Waals surface area contributed by atoms with Crippen LogP contribution in [0.15, 0.2) is 23.8 Å². The van der Waals surface area contributed by atoms with Crippen LogP contribution in [-0.2, 0) is 4.79 Å². The van der Waals surface area contributed by atoms with E-state index in [9.17, 15) is 9.90 Å². The Morgan fingerprint density at radius 1 is 1.39 bits per heavy atom. The molecule has 2 aliphatic carbocycles. The Hall–Kier alpha value is -1.09. The number of carboxylic acid groups (broad SMARTS) is 1. The van der Waals surface area contributed by atoms with Gasteiger partial charge in [-0.15, -0.1) is 0 Å². The van der Waals surface area contributed by atoms with Crippen molar-refractivity contribution >= 4 is 5.97 Å². The number of hydrogen-bond acceptors (Lipinski definition) is 2. The van der Waals surface area contributed by atoms with Gasteiger partial charge >= 0.3 is 5.97 Å². The number of carboxylic acids is 1. The van der Waals surface area contributed by atoms with Crippen molar-refractivity contribution in [2.24, 2.45) is 22.7 Å². The monoisotopic (exact) mass is 320 g/mol.